The summed E-state index contributed by atoms with van der Waals surface area (Å²) < 4.78 is 5.73. The predicted molar refractivity (Wildman–Crippen MR) is 111 cm³/mol. The van der Waals surface area contributed by atoms with Crippen molar-refractivity contribution in [2.45, 2.75) is 19.1 Å². The molecule has 0 aliphatic carbocycles. The summed E-state index contributed by atoms with van der Waals surface area (Å²) >= 11 is 5.81. The highest BCUT2D eigenvalue weighted by Gasteiger charge is 2.21. The molecule has 0 aliphatic rings. The summed E-state index contributed by atoms with van der Waals surface area (Å²) in [5.74, 6) is -0.872. The molecule has 0 saturated heterocycles. The van der Waals surface area contributed by atoms with E-state index < -0.39 is 17.9 Å². The first kappa shape index (κ1) is 20.4. The molecule has 1 atom stereocenters. The van der Waals surface area contributed by atoms with Gasteiger partial charge in [0.25, 0.3) is 5.91 Å². The topological polar surface area (TPSA) is 75.6 Å². The van der Waals surface area contributed by atoms with Crippen molar-refractivity contribution in [3.05, 3.63) is 101 Å². The summed E-state index contributed by atoms with van der Waals surface area (Å²) in [5, 5.41) is 12.5. The number of halogens is 1. The standard InChI is InChI=1S/C23H20ClNO4/c24-19-10-8-18(9-11-19)22(26)25-21(23(27)28)14-16-6-12-20(13-7-16)29-15-17-4-2-1-3-5-17/h1-13,21H,14-15H2,(H,25,26)(H,27,28)/t21-/m1/s1. The Morgan fingerprint density at radius 3 is 2.17 bits per heavy atom. The monoisotopic (exact) mass is 409 g/mol. The molecule has 5 nitrogen and oxygen atoms in total. The van der Waals surface area contributed by atoms with Gasteiger partial charge in [0.2, 0.25) is 0 Å². The van der Waals surface area contributed by atoms with Gasteiger partial charge in [-0.15, -0.1) is 0 Å². The van der Waals surface area contributed by atoms with Gasteiger partial charge in [0.15, 0.2) is 0 Å². The summed E-state index contributed by atoms with van der Waals surface area (Å²) in [5.41, 5.74) is 2.19. The highest BCUT2D eigenvalue weighted by Crippen LogP contribution is 2.16. The highest BCUT2D eigenvalue weighted by atomic mass is 35.5. The smallest absolute Gasteiger partial charge is 0.326 e. The molecule has 0 unspecified atom stereocenters. The number of carboxylic acid groups (broad SMARTS) is 1. The Labute approximate surface area is 173 Å². The van der Waals surface area contributed by atoms with Crippen LogP contribution in [0.4, 0.5) is 0 Å². The first-order chi connectivity index (χ1) is 14.0. The van der Waals surface area contributed by atoms with Crippen LogP contribution in [0.3, 0.4) is 0 Å². The van der Waals surface area contributed by atoms with Gasteiger partial charge in [-0.1, -0.05) is 54.1 Å². The minimum atomic E-state index is -1.10. The van der Waals surface area contributed by atoms with Crippen molar-refractivity contribution >= 4 is 23.5 Å². The van der Waals surface area contributed by atoms with Crippen molar-refractivity contribution in [3.63, 3.8) is 0 Å². The Bertz CT molecular complexity index is 956. The summed E-state index contributed by atoms with van der Waals surface area (Å²) in [6, 6.07) is 22.2. The van der Waals surface area contributed by atoms with Crippen LogP contribution in [-0.2, 0) is 17.8 Å². The Hall–Kier alpha value is -3.31. The zero-order valence-electron chi connectivity index (χ0n) is 15.5. The minimum absolute atomic E-state index is 0.160. The van der Waals surface area contributed by atoms with Gasteiger partial charge in [0.1, 0.15) is 18.4 Å². The van der Waals surface area contributed by atoms with E-state index in [2.05, 4.69) is 5.32 Å². The zero-order chi connectivity index (χ0) is 20.6. The van der Waals surface area contributed by atoms with Gasteiger partial charge in [0, 0.05) is 17.0 Å². The molecule has 0 bridgehead atoms. The molecule has 0 fully saturated rings. The molecule has 148 valence electrons. The van der Waals surface area contributed by atoms with Crippen molar-refractivity contribution in [1.82, 2.24) is 5.32 Å². The average molecular weight is 410 g/mol. The average Bonchev–Trinajstić information content (AvgIpc) is 2.74. The normalized spacial score (nSPS) is 11.5. The molecule has 1 amide bonds. The van der Waals surface area contributed by atoms with Crippen molar-refractivity contribution in [2.24, 2.45) is 0 Å². The largest absolute Gasteiger partial charge is 0.489 e. The van der Waals surface area contributed by atoms with Crippen LogP contribution in [0.5, 0.6) is 5.75 Å². The van der Waals surface area contributed by atoms with Crippen molar-refractivity contribution in [3.8, 4) is 5.75 Å². The molecule has 3 aromatic rings. The molecule has 0 radical (unpaired) electrons. The van der Waals surface area contributed by atoms with E-state index in [1.54, 1.807) is 48.5 Å². The maximum absolute atomic E-state index is 12.3. The Morgan fingerprint density at radius 2 is 1.55 bits per heavy atom. The molecule has 3 rings (SSSR count). The molecule has 2 N–H and O–H groups in total. The van der Waals surface area contributed by atoms with Gasteiger partial charge >= 0.3 is 5.97 Å². The molecule has 0 aliphatic heterocycles. The summed E-state index contributed by atoms with van der Waals surface area (Å²) in [4.78, 5) is 23.9. The zero-order valence-corrected chi connectivity index (χ0v) is 16.3. The minimum Gasteiger partial charge on any atom is -0.489 e. The van der Waals surface area contributed by atoms with E-state index in [4.69, 9.17) is 16.3 Å². The van der Waals surface area contributed by atoms with Crippen LogP contribution in [0.1, 0.15) is 21.5 Å². The second-order valence-corrected chi connectivity index (χ2v) is 6.93. The van der Waals surface area contributed by atoms with Gasteiger partial charge in [-0.25, -0.2) is 4.79 Å². The van der Waals surface area contributed by atoms with Gasteiger partial charge in [-0.3, -0.25) is 4.79 Å². The van der Waals surface area contributed by atoms with E-state index >= 15 is 0 Å². The van der Waals surface area contributed by atoms with Crippen molar-refractivity contribution in [1.29, 1.82) is 0 Å². The molecule has 0 aromatic heterocycles. The Kier molecular flexibility index (Phi) is 6.87. The highest BCUT2D eigenvalue weighted by molar-refractivity contribution is 6.30. The number of rotatable bonds is 8. The molecule has 0 spiro atoms. The first-order valence-corrected chi connectivity index (χ1v) is 9.44. The quantitative estimate of drug-likeness (QED) is 0.580. The number of benzene rings is 3. The number of ether oxygens (including phenoxy) is 1. The van der Waals surface area contributed by atoms with E-state index in [1.165, 1.54) is 0 Å². The third kappa shape index (κ3) is 6.09. The van der Waals surface area contributed by atoms with Crippen LogP contribution in [0, 0.1) is 0 Å². The number of nitrogens with one attached hydrogen (secondary N) is 1. The van der Waals surface area contributed by atoms with Crippen LogP contribution in [0.2, 0.25) is 5.02 Å². The Balaban J connectivity index is 1.59. The lowest BCUT2D eigenvalue weighted by Gasteiger charge is -2.15. The molecule has 0 saturated carbocycles. The van der Waals surface area contributed by atoms with Crippen LogP contribution in [0.15, 0.2) is 78.9 Å². The molecule has 29 heavy (non-hydrogen) atoms. The lowest BCUT2D eigenvalue weighted by molar-refractivity contribution is -0.139. The van der Waals surface area contributed by atoms with Crippen LogP contribution >= 0.6 is 11.6 Å². The predicted octanol–water partition coefficient (Wildman–Crippen LogP) is 4.34. The number of carbonyl (C=O) groups excluding carboxylic acids is 1. The second kappa shape index (κ2) is 9.75. The second-order valence-electron chi connectivity index (χ2n) is 6.49. The number of hydrogen-bond acceptors (Lipinski definition) is 3. The number of carbonyl (C=O) groups is 2. The van der Waals surface area contributed by atoms with Crippen molar-refractivity contribution < 1.29 is 19.4 Å². The third-order valence-electron chi connectivity index (χ3n) is 4.32. The van der Waals surface area contributed by atoms with Crippen LogP contribution in [0.25, 0.3) is 0 Å². The van der Waals surface area contributed by atoms with Gasteiger partial charge in [0.05, 0.1) is 0 Å². The molecular formula is C23H20ClNO4. The molecule has 3 aromatic carbocycles. The summed E-state index contributed by atoms with van der Waals surface area (Å²) in [7, 11) is 0. The maximum Gasteiger partial charge on any atom is 0.326 e. The third-order valence-corrected chi connectivity index (χ3v) is 4.57. The van der Waals surface area contributed by atoms with E-state index in [9.17, 15) is 14.7 Å². The van der Waals surface area contributed by atoms with Gasteiger partial charge in [-0.2, -0.15) is 0 Å². The van der Waals surface area contributed by atoms with E-state index in [0.29, 0.717) is 22.9 Å². The Morgan fingerprint density at radius 1 is 0.897 bits per heavy atom. The fourth-order valence-corrected chi connectivity index (χ4v) is 2.87. The number of carboxylic acids is 1. The van der Waals surface area contributed by atoms with E-state index in [0.717, 1.165) is 11.1 Å². The lowest BCUT2D eigenvalue weighted by atomic mass is 10.1. The van der Waals surface area contributed by atoms with Gasteiger partial charge < -0.3 is 15.2 Å². The number of amides is 1. The SMILES string of the molecule is O=C(N[C@H](Cc1ccc(OCc2ccccc2)cc1)C(=O)O)c1ccc(Cl)cc1. The van der Waals surface area contributed by atoms with E-state index in [1.807, 2.05) is 30.3 Å². The molecule has 0 heterocycles. The summed E-state index contributed by atoms with van der Waals surface area (Å²) in [6.45, 7) is 0.453. The van der Waals surface area contributed by atoms with Crippen LogP contribution < -0.4 is 10.1 Å². The fraction of sp³-hybridized carbons (Fsp3) is 0.130. The fourth-order valence-electron chi connectivity index (χ4n) is 2.74. The van der Waals surface area contributed by atoms with Crippen LogP contribution in [-0.4, -0.2) is 23.0 Å². The summed E-state index contributed by atoms with van der Waals surface area (Å²) in [6.07, 6.45) is 0.160. The van der Waals surface area contributed by atoms with E-state index in [-0.39, 0.29) is 6.42 Å². The lowest BCUT2D eigenvalue weighted by Crippen LogP contribution is -2.42. The molecule has 6 heteroatoms. The molecular weight excluding hydrogens is 390 g/mol. The number of hydrogen-bond donors (Lipinski definition) is 2. The van der Waals surface area contributed by atoms with Gasteiger partial charge in [-0.05, 0) is 47.5 Å². The number of aliphatic carboxylic acids is 1. The first-order valence-electron chi connectivity index (χ1n) is 9.06. The maximum atomic E-state index is 12.3. The van der Waals surface area contributed by atoms with Crippen molar-refractivity contribution in [2.75, 3.05) is 0 Å².